The standard InChI is InChI=1S/C20H20F3NO4/c1-13(18(25)26)11-17(15-9-5-6-10-16(15)20(21,22)23)24-19(27)28-12-14-7-3-2-4-8-14/h2-10,13,17H,11-12H2,1H3,(H,24,27)(H,25,26). The zero-order valence-electron chi connectivity index (χ0n) is 15.1. The van der Waals surface area contributed by atoms with E-state index in [1.165, 1.54) is 25.1 Å². The average Bonchev–Trinajstić information content (AvgIpc) is 2.66. The number of carboxylic acid groups (broad SMARTS) is 1. The Morgan fingerprint density at radius 2 is 1.68 bits per heavy atom. The van der Waals surface area contributed by atoms with Crippen molar-refractivity contribution in [2.75, 3.05) is 0 Å². The molecule has 28 heavy (non-hydrogen) atoms. The number of amides is 1. The number of carbonyl (C=O) groups excluding carboxylic acids is 1. The number of rotatable bonds is 7. The maximum Gasteiger partial charge on any atom is 0.416 e. The van der Waals surface area contributed by atoms with Crippen molar-refractivity contribution in [1.29, 1.82) is 0 Å². The van der Waals surface area contributed by atoms with Crippen LogP contribution in [0.25, 0.3) is 0 Å². The number of alkyl halides is 3. The molecule has 2 N–H and O–H groups in total. The quantitative estimate of drug-likeness (QED) is 0.707. The molecule has 0 saturated carbocycles. The van der Waals surface area contributed by atoms with Crippen molar-refractivity contribution in [3.63, 3.8) is 0 Å². The lowest BCUT2D eigenvalue weighted by Gasteiger charge is -2.24. The minimum atomic E-state index is -4.64. The van der Waals surface area contributed by atoms with Crippen molar-refractivity contribution in [2.24, 2.45) is 5.92 Å². The van der Waals surface area contributed by atoms with E-state index in [1.54, 1.807) is 30.3 Å². The van der Waals surface area contributed by atoms with E-state index >= 15 is 0 Å². The maximum absolute atomic E-state index is 13.4. The molecule has 150 valence electrons. The zero-order valence-corrected chi connectivity index (χ0v) is 15.1. The van der Waals surface area contributed by atoms with Crippen molar-refractivity contribution in [1.82, 2.24) is 5.32 Å². The molecule has 0 aliphatic heterocycles. The Bertz CT molecular complexity index is 809. The summed E-state index contributed by atoms with van der Waals surface area (Å²) >= 11 is 0. The smallest absolute Gasteiger partial charge is 0.416 e. The highest BCUT2D eigenvalue weighted by Crippen LogP contribution is 2.36. The second-order valence-corrected chi connectivity index (χ2v) is 6.32. The molecule has 0 bridgehead atoms. The van der Waals surface area contributed by atoms with Gasteiger partial charge in [-0.25, -0.2) is 4.79 Å². The molecule has 5 nitrogen and oxygen atoms in total. The molecule has 0 aliphatic carbocycles. The van der Waals surface area contributed by atoms with Gasteiger partial charge in [0.1, 0.15) is 6.61 Å². The highest BCUT2D eigenvalue weighted by Gasteiger charge is 2.36. The van der Waals surface area contributed by atoms with E-state index < -0.39 is 35.8 Å². The number of alkyl carbamates (subject to hydrolysis) is 1. The topological polar surface area (TPSA) is 75.6 Å². The highest BCUT2D eigenvalue weighted by molar-refractivity contribution is 5.70. The molecular weight excluding hydrogens is 375 g/mol. The van der Waals surface area contributed by atoms with Gasteiger partial charge in [0, 0.05) is 0 Å². The van der Waals surface area contributed by atoms with Crippen LogP contribution in [0.15, 0.2) is 54.6 Å². The molecule has 2 atom stereocenters. The third-order valence-electron chi connectivity index (χ3n) is 4.16. The molecule has 0 saturated heterocycles. The molecule has 0 fully saturated rings. The van der Waals surface area contributed by atoms with Crippen LogP contribution in [0.4, 0.5) is 18.0 Å². The van der Waals surface area contributed by atoms with Gasteiger partial charge in [-0.2, -0.15) is 13.2 Å². The van der Waals surface area contributed by atoms with E-state index in [9.17, 15) is 22.8 Å². The second kappa shape index (κ2) is 9.25. The average molecular weight is 395 g/mol. The van der Waals surface area contributed by atoms with Crippen LogP contribution in [0.1, 0.15) is 36.1 Å². The van der Waals surface area contributed by atoms with Crippen LogP contribution in [0.2, 0.25) is 0 Å². The lowest BCUT2D eigenvalue weighted by molar-refractivity contribution is -0.141. The van der Waals surface area contributed by atoms with Gasteiger partial charge in [-0.15, -0.1) is 0 Å². The Hall–Kier alpha value is -3.03. The first-order valence-electron chi connectivity index (χ1n) is 8.54. The summed E-state index contributed by atoms with van der Waals surface area (Å²) in [5, 5.41) is 11.5. The van der Waals surface area contributed by atoms with Crippen LogP contribution in [0.3, 0.4) is 0 Å². The summed E-state index contributed by atoms with van der Waals surface area (Å²) in [5.74, 6) is -2.14. The molecule has 2 aromatic rings. The first-order chi connectivity index (χ1) is 13.2. The van der Waals surface area contributed by atoms with Crippen molar-refractivity contribution < 1.29 is 32.6 Å². The van der Waals surface area contributed by atoms with Gasteiger partial charge in [0.15, 0.2) is 0 Å². The molecule has 0 spiro atoms. The van der Waals surface area contributed by atoms with Gasteiger partial charge < -0.3 is 15.2 Å². The molecule has 8 heteroatoms. The molecule has 0 aromatic heterocycles. The first-order valence-corrected chi connectivity index (χ1v) is 8.54. The number of hydrogen-bond acceptors (Lipinski definition) is 3. The first kappa shape index (κ1) is 21.3. The maximum atomic E-state index is 13.4. The predicted molar refractivity (Wildman–Crippen MR) is 95.4 cm³/mol. The van der Waals surface area contributed by atoms with Crippen LogP contribution in [-0.2, 0) is 22.3 Å². The van der Waals surface area contributed by atoms with E-state index in [1.807, 2.05) is 0 Å². The Labute approximate surface area is 160 Å². The van der Waals surface area contributed by atoms with Crippen LogP contribution in [0, 0.1) is 5.92 Å². The summed E-state index contributed by atoms with van der Waals surface area (Å²) in [7, 11) is 0. The minimum absolute atomic E-state index is 0.0607. The number of halogens is 3. The number of hydrogen-bond donors (Lipinski definition) is 2. The van der Waals surface area contributed by atoms with Crippen molar-refractivity contribution in [3.8, 4) is 0 Å². The molecule has 0 radical (unpaired) electrons. The van der Waals surface area contributed by atoms with Gasteiger partial charge in [0.05, 0.1) is 17.5 Å². The van der Waals surface area contributed by atoms with Crippen LogP contribution in [0.5, 0.6) is 0 Å². The Kier molecular flexibility index (Phi) is 7.03. The fraction of sp³-hybridized carbons (Fsp3) is 0.300. The molecule has 0 heterocycles. The van der Waals surface area contributed by atoms with Gasteiger partial charge in [-0.1, -0.05) is 55.5 Å². The molecule has 2 unspecified atom stereocenters. The van der Waals surface area contributed by atoms with Crippen LogP contribution < -0.4 is 5.32 Å². The monoisotopic (exact) mass is 395 g/mol. The Morgan fingerprint density at radius 3 is 2.29 bits per heavy atom. The van der Waals surface area contributed by atoms with E-state index in [-0.39, 0.29) is 18.6 Å². The van der Waals surface area contributed by atoms with Gasteiger partial charge in [-0.05, 0) is 23.6 Å². The summed E-state index contributed by atoms with van der Waals surface area (Å²) in [4.78, 5) is 23.3. The fourth-order valence-corrected chi connectivity index (χ4v) is 2.68. The highest BCUT2D eigenvalue weighted by atomic mass is 19.4. The summed E-state index contributed by atoms with van der Waals surface area (Å²) in [6.07, 6.45) is -5.79. The van der Waals surface area contributed by atoms with Gasteiger partial charge >= 0.3 is 18.2 Å². The van der Waals surface area contributed by atoms with E-state index in [0.29, 0.717) is 5.56 Å². The van der Waals surface area contributed by atoms with E-state index in [4.69, 9.17) is 9.84 Å². The van der Waals surface area contributed by atoms with E-state index in [2.05, 4.69) is 5.32 Å². The lowest BCUT2D eigenvalue weighted by Crippen LogP contribution is -2.32. The second-order valence-electron chi connectivity index (χ2n) is 6.32. The van der Waals surface area contributed by atoms with Gasteiger partial charge in [0.2, 0.25) is 0 Å². The number of carboxylic acids is 1. The van der Waals surface area contributed by atoms with Crippen LogP contribution >= 0.6 is 0 Å². The summed E-state index contributed by atoms with van der Waals surface area (Å²) in [5.41, 5.74) is -0.426. The van der Waals surface area contributed by atoms with Crippen LogP contribution in [-0.4, -0.2) is 17.2 Å². The number of benzene rings is 2. The largest absolute Gasteiger partial charge is 0.481 e. The van der Waals surface area contributed by atoms with Crippen molar-refractivity contribution >= 4 is 12.1 Å². The Balaban J connectivity index is 2.20. The number of aliphatic carboxylic acids is 1. The molecular formula is C20H20F3NO4. The number of ether oxygens (including phenoxy) is 1. The van der Waals surface area contributed by atoms with Gasteiger partial charge in [0.25, 0.3) is 0 Å². The third kappa shape index (κ3) is 6.00. The third-order valence-corrected chi connectivity index (χ3v) is 4.16. The molecule has 1 amide bonds. The van der Waals surface area contributed by atoms with Gasteiger partial charge in [-0.3, -0.25) is 4.79 Å². The lowest BCUT2D eigenvalue weighted by atomic mass is 9.92. The molecule has 0 aliphatic rings. The summed E-state index contributed by atoms with van der Waals surface area (Å²) in [6, 6.07) is 12.4. The normalized spacial score (nSPS) is 13.4. The Morgan fingerprint density at radius 1 is 1.07 bits per heavy atom. The fourth-order valence-electron chi connectivity index (χ4n) is 2.68. The predicted octanol–water partition coefficient (Wildman–Crippen LogP) is 4.78. The van der Waals surface area contributed by atoms with E-state index in [0.717, 1.165) is 6.07 Å². The summed E-state index contributed by atoms with van der Waals surface area (Å²) < 4.78 is 45.1. The van der Waals surface area contributed by atoms with Crippen molar-refractivity contribution in [3.05, 3.63) is 71.3 Å². The minimum Gasteiger partial charge on any atom is -0.481 e. The number of nitrogens with one attached hydrogen (secondary N) is 1. The SMILES string of the molecule is CC(CC(NC(=O)OCc1ccccc1)c1ccccc1C(F)(F)F)C(=O)O. The number of carbonyl (C=O) groups is 2. The molecule has 2 aromatic carbocycles. The zero-order chi connectivity index (χ0) is 20.7. The van der Waals surface area contributed by atoms with Crippen molar-refractivity contribution in [2.45, 2.75) is 32.2 Å². The summed E-state index contributed by atoms with van der Waals surface area (Å²) in [6.45, 7) is 1.30. The molecule has 2 rings (SSSR count).